The van der Waals surface area contributed by atoms with Gasteiger partial charge in [0, 0.05) is 39.1 Å². The summed E-state index contributed by atoms with van der Waals surface area (Å²) in [6, 6.07) is 8.58. The van der Waals surface area contributed by atoms with Crippen LogP contribution in [0.25, 0.3) is 0 Å². The van der Waals surface area contributed by atoms with E-state index >= 15 is 0 Å². The van der Waals surface area contributed by atoms with Gasteiger partial charge in [-0.2, -0.15) is 0 Å². The molecule has 0 bridgehead atoms. The third kappa shape index (κ3) is 3.88. The van der Waals surface area contributed by atoms with Gasteiger partial charge in [0.1, 0.15) is 5.82 Å². The van der Waals surface area contributed by atoms with Crippen molar-refractivity contribution in [1.29, 1.82) is 0 Å². The molecule has 0 radical (unpaired) electrons. The van der Waals surface area contributed by atoms with E-state index in [4.69, 9.17) is 9.47 Å². The maximum absolute atomic E-state index is 14.6. The highest BCUT2D eigenvalue weighted by molar-refractivity contribution is 7.91. The van der Waals surface area contributed by atoms with E-state index < -0.39 is 21.3 Å². The number of methoxy groups -OCH3 is 1. The molecule has 1 fully saturated rings. The Kier molecular flexibility index (Phi) is 5.66. The van der Waals surface area contributed by atoms with Crippen molar-refractivity contribution in [2.24, 2.45) is 0 Å². The van der Waals surface area contributed by atoms with E-state index in [1.165, 1.54) is 23.1 Å². The summed E-state index contributed by atoms with van der Waals surface area (Å²) in [4.78, 5) is 13.4. The van der Waals surface area contributed by atoms with Crippen LogP contribution in [-0.2, 0) is 36.1 Å². The van der Waals surface area contributed by atoms with Crippen molar-refractivity contribution < 1.29 is 27.1 Å². The number of aryl methyl sites for hydroxylation is 1. The molecule has 0 aliphatic carbocycles. The summed E-state index contributed by atoms with van der Waals surface area (Å²) >= 11 is 0. The van der Waals surface area contributed by atoms with Crippen LogP contribution in [0.1, 0.15) is 37.3 Å². The molecule has 31 heavy (non-hydrogen) atoms. The van der Waals surface area contributed by atoms with Crippen molar-refractivity contribution in [3.05, 3.63) is 53.3 Å². The number of amides is 1. The van der Waals surface area contributed by atoms with Gasteiger partial charge in [0.25, 0.3) is 0 Å². The van der Waals surface area contributed by atoms with E-state index in [0.29, 0.717) is 43.5 Å². The average Bonchev–Trinajstić information content (AvgIpc) is 2.75. The lowest BCUT2D eigenvalue weighted by molar-refractivity contribution is -0.122. The van der Waals surface area contributed by atoms with Crippen LogP contribution >= 0.6 is 0 Å². The largest absolute Gasteiger partial charge is 0.378 e. The summed E-state index contributed by atoms with van der Waals surface area (Å²) in [7, 11) is -0.739. The van der Waals surface area contributed by atoms with Crippen molar-refractivity contribution in [2.75, 3.05) is 25.7 Å². The first-order valence-electron chi connectivity index (χ1n) is 10.3. The Bertz CT molecular complexity index is 1130. The first kappa shape index (κ1) is 21.9. The number of rotatable bonds is 4. The molecule has 2 heterocycles. The smallest absolute Gasteiger partial charge is 0.227 e. The van der Waals surface area contributed by atoms with Crippen LogP contribution in [0.4, 0.5) is 10.1 Å². The van der Waals surface area contributed by atoms with Gasteiger partial charge in [0.05, 0.1) is 28.1 Å². The Morgan fingerprint density at radius 3 is 2.65 bits per heavy atom. The number of hydrogen-bond donors (Lipinski definition) is 0. The average molecular weight is 448 g/mol. The number of nitrogens with zero attached hydrogens (tertiary/aromatic N) is 1. The third-order valence-electron chi connectivity index (χ3n) is 6.33. The molecule has 4 rings (SSSR count). The van der Waals surface area contributed by atoms with E-state index in [-0.39, 0.29) is 21.8 Å². The van der Waals surface area contributed by atoms with Crippen LogP contribution in [0, 0.1) is 5.82 Å². The zero-order valence-electron chi connectivity index (χ0n) is 17.9. The van der Waals surface area contributed by atoms with Crippen LogP contribution in [0.5, 0.6) is 0 Å². The summed E-state index contributed by atoms with van der Waals surface area (Å²) in [6.45, 7) is 2.36. The molecule has 2 aliphatic heterocycles. The normalized spacial score (nSPS) is 24.2. The predicted molar refractivity (Wildman–Crippen MR) is 113 cm³/mol. The zero-order chi connectivity index (χ0) is 22.4. The number of sulfone groups is 1. The molecule has 0 aromatic heterocycles. The van der Waals surface area contributed by atoms with Gasteiger partial charge in [-0.1, -0.05) is 0 Å². The molecule has 0 spiro atoms. The number of ether oxygens (including phenoxy) is 2. The van der Waals surface area contributed by atoms with Crippen LogP contribution in [0.15, 0.2) is 46.2 Å². The lowest BCUT2D eigenvalue weighted by Gasteiger charge is -2.39. The summed E-state index contributed by atoms with van der Waals surface area (Å²) in [5.41, 5.74) is 1.17. The maximum atomic E-state index is 14.6. The lowest BCUT2D eigenvalue weighted by atomic mass is 9.83. The molecular formula is C23H26FNO5S. The third-order valence-corrected chi connectivity index (χ3v) is 8.06. The number of halogens is 1. The van der Waals surface area contributed by atoms with Crippen LogP contribution in [-0.4, -0.2) is 41.2 Å². The highest BCUT2D eigenvalue weighted by Crippen LogP contribution is 2.40. The van der Waals surface area contributed by atoms with E-state index in [9.17, 15) is 17.6 Å². The number of hydrogen-bond acceptors (Lipinski definition) is 5. The molecule has 2 aromatic rings. The fraction of sp³-hybridized carbons (Fsp3) is 0.435. The minimum absolute atomic E-state index is 0.00608. The van der Waals surface area contributed by atoms with Gasteiger partial charge in [0.15, 0.2) is 0 Å². The van der Waals surface area contributed by atoms with Crippen molar-refractivity contribution in [3.63, 3.8) is 0 Å². The molecule has 0 N–H and O–H groups in total. The quantitative estimate of drug-likeness (QED) is 0.716. The molecular weight excluding hydrogens is 421 g/mol. The van der Waals surface area contributed by atoms with Crippen LogP contribution < -0.4 is 4.90 Å². The second-order valence-electron chi connectivity index (χ2n) is 8.26. The number of carbonyl (C=O) groups is 1. The van der Waals surface area contributed by atoms with Gasteiger partial charge in [0.2, 0.25) is 15.7 Å². The van der Waals surface area contributed by atoms with Crippen LogP contribution in [0.3, 0.4) is 0 Å². The van der Waals surface area contributed by atoms with Gasteiger partial charge in [-0.25, -0.2) is 12.8 Å². The number of carbonyl (C=O) groups excluding carboxylic acids is 1. The molecule has 0 saturated carbocycles. The summed E-state index contributed by atoms with van der Waals surface area (Å²) in [6.07, 6.45) is 1.73. The van der Waals surface area contributed by atoms with Gasteiger partial charge in [-0.3, -0.25) is 4.79 Å². The van der Waals surface area contributed by atoms with E-state index in [2.05, 4.69) is 0 Å². The van der Waals surface area contributed by atoms with Gasteiger partial charge in [-0.15, -0.1) is 0 Å². The minimum Gasteiger partial charge on any atom is -0.378 e. The van der Waals surface area contributed by atoms with E-state index in [0.717, 1.165) is 11.6 Å². The molecule has 2 atom stereocenters. The molecule has 166 valence electrons. The maximum Gasteiger partial charge on any atom is 0.227 e. The first-order chi connectivity index (χ1) is 14.7. The van der Waals surface area contributed by atoms with E-state index in [1.54, 1.807) is 26.3 Å². The van der Waals surface area contributed by atoms with Crippen molar-refractivity contribution in [2.45, 2.75) is 54.1 Å². The monoisotopic (exact) mass is 447 g/mol. The summed E-state index contributed by atoms with van der Waals surface area (Å²) < 4.78 is 52.8. The topological polar surface area (TPSA) is 72.9 Å². The highest BCUT2D eigenvalue weighted by Gasteiger charge is 2.38. The Labute approximate surface area is 181 Å². The van der Waals surface area contributed by atoms with Gasteiger partial charge < -0.3 is 14.4 Å². The van der Waals surface area contributed by atoms with Crippen molar-refractivity contribution in [1.82, 2.24) is 0 Å². The zero-order valence-corrected chi connectivity index (χ0v) is 18.7. The number of anilines is 1. The SMILES string of the molecule is CO[C@]1(c2cc(F)cc(S(=O)(=O)c3ccc4c(c3)CCC(=O)N4C)c2)CCO[C@@H](C)C1. The number of fused-ring (bicyclic) bond motifs is 1. The molecule has 0 unspecified atom stereocenters. The Morgan fingerprint density at radius 2 is 1.94 bits per heavy atom. The molecule has 8 heteroatoms. The Hall–Kier alpha value is -2.29. The summed E-state index contributed by atoms with van der Waals surface area (Å²) in [5.74, 6) is -0.636. The predicted octanol–water partition coefficient (Wildman–Crippen LogP) is 3.61. The summed E-state index contributed by atoms with van der Waals surface area (Å²) in [5, 5.41) is 0. The molecule has 6 nitrogen and oxygen atoms in total. The fourth-order valence-corrected chi connectivity index (χ4v) is 5.90. The van der Waals surface area contributed by atoms with Gasteiger partial charge in [-0.05, 0) is 60.9 Å². The minimum atomic E-state index is -3.97. The first-order valence-corrected chi connectivity index (χ1v) is 11.8. The van der Waals surface area contributed by atoms with Crippen molar-refractivity contribution >= 4 is 21.4 Å². The molecule has 1 amide bonds. The molecule has 2 aliphatic rings. The highest BCUT2D eigenvalue weighted by atomic mass is 32.2. The standard InChI is InChI=1S/C23H26FNO5S/c1-15-14-23(29-3,8-9-30-15)17-11-18(24)13-20(12-17)31(27,28)19-5-6-21-16(10-19)4-7-22(26)25(21)2/h5-6,10-13,15H,4,7-9,14H2,1-3H3/t15-,23+/m0/s1. The van der Waals surface area contributed by atoms with Gasteiger partial charge >= 0.3 is 0 Å². The Balaban J connectivity index is 1.77. The van der Waals surface area contributed by atoms with E-state index in [1.807, 2.05) is 6.92 Å². The molecule has 1 saturated heterocycles. The fourth-order valence-electron chi connectivity index (χ4n) is 4.53. The second kappa shape index (κ2) is 8.00. The Morgan fingerprint density at radius 1 is 1.16 bits per heavy atom. The number of benzene rings is 2. The second-order valence-corrected chi connectivity index (χ2v) is 10.2. The van der Waals surface area contributed by atoms with Crippen molar-refractivity contribution in [3.8, 4) is 0 Å². The lowest BCUT2D eigenvalue weighted by Crippen LogP contribution is -2.39. The van der Waals surface area contributed by atoms with Crippen LogP contribution in [0.2, 0.25) is 0 Å². The molecule has 2 aromatic carbocycles.